The van der Waals surface area contributed by atoms with E-state index in [4.69, 9.17) is 0 Å². The SMILES string of the molecule is Cc1cc(C)c(NC(=O)C(=O)NCc2ccc(C(O)c3ccccc3)s2)c(C)c1. The van der Waals surface area contributed by atoms with Crippen LogP contribution in [0.5, 0.6) is 0 Å². The molecule has 150 valence electrons. The average Bonchev–Trinajstić information content (AvgIpc) is 3.17. The molecule has 3 aromatic rings. The Morgan fingerprint density at radius 2 is 1.62 bits per heavy atom. The van der Waals surface area contributed by atoms with Crippen molar-refractivity contribution in [3.05, 3.63) is 86.6 Å². The van der Waals surface area contributed by atoms with E-state index in [1.165, 1.54) is 11.3 Å². The van der Waals surface area contributed by atoms with Gasteiger partial charge in [-0.2, -0.15) is 0 Å². The molecule has 1 aromatic heterocycles. The Hall–Kier alpha value is -2.96. The van der Waals surface area contributed by atoms with Crippen LogP contribution in [0.2, 0.25) is 0 Å². The first kappa shape index (κ1) is 20.8. The van der Waals surface area contributed by atoms with E-state index in [2.05, 4.69) is 10.6 Å². The fourth-order valence-electron chi connectivity index (χ4n) is 3.23. The highest BCUT2D eigenvalue weighted by molar-refractivity contribution is 7.12. The molecular formula is C23H24N2O3S. The predicted octanol–water partition coefficient (Wildman–Crippen LogP) is 4.01. The lowest BCUT2D eigenvalue weighted by Gasteiger charge is -2.12. The Kier molecular flexibility index (Phi) is 6.46. The van der Waals surface area contributed by atoms with Crippen molar-refractivity contribution in [2.45, 2.75) is 33.4 Å². The highest BCUT2D eigenvalue weighted by atomic mass is 32.1. The standard InChI is InChI=1S/C23H24N2O3S/c1-14-11-15(2)20(16(3)12-14)25-23(28)22(27)24-13-18-9-10-19(29-18)21(26)17-7-5-4-6-8-17/h4-12,21,26H,13H2,1-3H3,(H,24,27)(H,25,28). The lowest BCUT2D eigenvalue weighted by Crippen LogP contribution is -2.35. The first-order valence-electron chi connectivity index (χ1n) is 9.34. The van der Waals surface area contributed by atoms with Crippen LogP contribution in [0.15, 0.2) is 54.6 Å². The number of benzene rings is 2. The second-order valence-electron chi connectivity index (χ2n) is 7.03. The largest absolute Gasteiger partial charge is 0.383 e. The Labute approximate surface area is 174 Å². The van der Waals surface area contributed by atoms with Crippen molar-refractivity contribution in [1.29, 1.82) is 0 Å². The van der Waals surface area contributed by atoms with Gasteiger partial charge in [0.2, 0.25) is 0 Å². The molecule has 3 N–H and O–H groups in total. The molecule has 3 rings (SSSR count). The summed E-state index contributed by atoms with van der Waals surface area (Å²) in [4.78, 5) is 26.1. The summed E-state index contributed by atoms with van der Waals surface area (Å²) in [6, 6.07) is 17.0. The number of hydrogen-bond acceptors (Lipinski definition) is 4. The number of rotatable bonds is 5. The number of aliphatic hydroxyl groups excluding tert-OH is 1. The molecule has 5 nitrogen and oxygen atoms in total. The molecule has 1 unspecified atom stereocenters. The lowest BCUT2D eigenvalue weighted by atomic mass is 10.1. The van der Waals surface area contributed by atoms with E-state index in [0.717, 1.165) is 32.0 Å². The van der Waals surface area contributed by atoms with Crippen LogP contribution in [-0.4, -0.2) is 16.9 Å². The van der Waals surface area contributed by atoms with E-state index in [-0.39, 0.29) is 6.54 Å². The number of hydrogen-bond donors (Lipinski definition) is 3. The highest BCUT2D eigenvalue weighted by Crippen LogP contribution is 2.28. The Morgan fingerprint density at radius 1 is 0.966 bits per heavy atom. The summed E-state index contributed by atoms with van der Waals surface area (Å²) in [5.41, 5.74) is 4.42. The number of aliphatic hydroxyl groups is 1. The molecule has 29 heavy (non-hydrogen) atoms. The average molecular weight is 409 g/mol. The first-order valence-corrected chi connectivity index (χ1v) is 10.2. The minimum atomic E-state index is -0.707. The topological polar surface area (TPSA) is 78.4 Å². The van der Waals surface area contributed by atoms with Crippen LogP contribution in [0.4, 0.5) is 5.69 Å². The summed E-state index contributed by atoms with van der Waals surface area (Å²) in [5, 5.41) is 15.8. The zero-order valence-electron chi connectivity index (χ0n) is 16.7. The second-order valence-corrected chi connectivity index (χ2v) is 8.23. The molecule has 0 aliphatic rings. The van der Waals surface area contributed by atoms with Crippen LogP contribution in [-0.2, 0) is 16.1 Å². The monoisotopic (exact) mass is 408 g/mol. The normalized spacial score (nSPS) is 11.7. The molecule has 0 radical (unpaired) electrons. The molecule has 0 fully saturated rings. The highest BCUT2D eigenvalue weighted by Gasteiger charge is 2.17. The van der Waals surface area contributed by atoms with Crippen molar-refractivity contribution in [2.24, 2.45) is 0 Å². The van der Waals surface area contributed by atoms with Crippen LogP contribution in [0.1, 0.15) is 38.1 Å². The fraction of sp³-hybridized carbons (Fsp3) is 0.217. The number of anilines is 1. The zero-order valence-corrected chi connectivity index (χ0v) is 17.5. The van der Waals surface area contributed by atoms with Crippen molar-refractivity contribution >= 4 is 28.8 Å². The smallest absolute Gasteiger partial charge is 0.313 e. The van der Waals surface area contributed by atoms with Crippen LogP contribution < -0.4 is 10.6 Å². The van der Waals surface area contributed by atoms with Gasteiger partial charge in [-0.3, -0.25) is 9.59 Å². The van der Waals surface area contributed by atoms with E-state index >= 15 is 0 Å². The van der Waals surface area contributed by atoms with Gasteiger partial charge in [-0.25, -0.2) is 0 Å². The molecule has 0 bridgehead atoms. The van der Waals surface area contributed by atoms with E-state index in [1.807, 2.05) is 75.4 Å². The predicted molar refractivity (Wildman–Crippen MR) is 116 cm³/mol. The number of thiophene rings is 1. The fourth-order valence-corrected chi connectivity index (χ4v) is 4.20. The maximum Gasteiger partial charge on any atom is 0.313 e. The van der Waals surface area contributed by atoms with Gasteiger partial charge in [0.15, 0.2) is 0 Å². The number of amides is 2. The lowest BCUT2D eigenvalue weighted by molar-refractivity contribution is -0.136. The van der Waals surface area contributed by atoms with Gasteiger partial charge in [-0.15, -0.1) is 11.3 Å². The number of aryl methyl sites for hydroxylation is 3. The van der Waals surface area contributed by atoms with Crippen molar-refractivity contribution in [3.8, 4) is 0 Å². The van der Waals surface area contributed by atoms with Gasteiger partial charge in [0, 0.05) is 15.4 Å². The molecule has 0 aliphatic carbocycles. The minimum Gasteiger partial charge on any atom is -0.383 e. The van der Waals surface area contributed by atoms with E-state index in [0.29, 0.717) is 5.69 Å². The van der Waals surface area contributed by atoms with Crippen molar-refractivity contribution in [2.75, 3.05) is 5.32 Å². The summed E-state index contributed by atoms with van der Waals surface area (Å²) in [5.74, 6) is -1.39. The number of carbonyl (C=O) groups excluding carboxylic acids is 2. The van der Waals surface area contributed by atoms with Gasteiger partial charge >= 0.3 is 11.8 Å². The van der Waals surface area contributed by atoms with Crippen molar-refractivity contribution < 1.29 is 14.7 Å². The van der Waals surface area contributed by atoms with Crippen LogP contribution in [0, 0.1) is 20.8 Å². The van der Waals surface area contributed by atoms with Gasteiger partial charge in [0.05, 0.1) is 6.54 Å². The third-order valence-electron chi connectivity index (χ3n) is 4.61. The number of carbonyl (C=O) groups is 2. The summed E-state index contributed by atoms with van der Waals surface area (Å²) in [6.07, 6.45) is -0.707. The van der Waals surface area contributed by atoms with Crippen LogP contribution >= 0.6 is 11.3 Å². The van der Waals surface area contributed by atoms with Gasteiger partial charge in [0.1, 0.15) is 6.10 Å². The first-order chi connectivity index (χ1) is 13.8. The van der Waals surface area contributed by atoms with Gasteiger partial charge in [-0.1, -0.05) is 48.0 Å². The van der Waals surface area contributed by atoms with E-state index in [1.54, 1.807) is 0 Å². The van der Waals surface area contributed by atoms with E-state index in [9.17, 15) is 14.7 Å². The summed E-state index contributed by atoms with van der Waals surface area (Å²) < 4.78 is 0. The maximum atomic E-state index is 12.3. The summed E-state index contributed by atoms with van der Waals surface area (Å²) in [7, 11) is 0. The van der Waals surface area contributed by atoms with Crippen LogP contribution in [0.25, 0.3) is 0 Å². The van der Waals surface area contributed by atoms with Crippen LogP contribution in [0.3, 0.4) is 0 Å². The van der Waals surface area contributed by atoms with Gasteiger partial charge in [-0.05, 0) is 49.6 Å². The Bertz CT molecular complexity index is 1000. The van der Waals surface area contributed by atoms with E-state index < -0.39 is 17.9 Å². The summed E-state index contributed by atoms with van der Waals surface area (Å²) in [6.45, 7) is 6.02. The molecule has 0 saturated carbocycles. The Balaban J connectivity index is 1.58. The third-order valence-corrected chi connectivity index (χ3v) is 5.75. The molecule has 1 atom stereocenters. The maximum absolute atomic E-state index is 12.3. The van der Waals surface area contributed by atoms with Crippen molar-refractivity contribution in [1.82, 2.24) is 5.32 Å². The van der Waals surface area contributed by atoms with Gasteiger partial charge < -0.3 is 15.7 Å². The zero-order chi connectivity index (χ0) is 21.0. The molecule has 0 saturated heterocycles. The Morgan fingerprint density at radius 3 is 2.28 bits per heavy atom. The molecular weight excluding hydrogens is 384 g/mol. The molecule has 6 heteroatoms. The molecule has 2 amide bonds. The van der Waals surface area contributed by atoms with Crippen molar-refractivity contribution in [3.63, 3.8) is 0 Å². The molecule has 0 aliphatic heterocycles. The quantitative estimate of drug-likeness (QED) is 0.558. The second kappa shape index (κ2) is 9.03. The van der Waals surface area contributed by atoms with Gasteiger partial charge in [0.25, 0.3) is 0 Å². The molecule has 0 spiro atoms. The molecule has 1 heterocycles. The summed E-state index contributed by atoms with van der Waals surface area (Å²) >= 11 is 1.40. The minimum absolute atomic E-state index is 0.226. The molecule has 2 aromatic carbocycles. The number of nitrogens with one attached hydrogen (secondary N) is 2. The third kappa shape index (κ3) is 5.10.